The van der Waals surface area contributed by atoms with Crippen molar-refractivity contribution in [1.29, 1.82) is 0 Å². The maximum atomic E-state index is 3.44. The van der Waals surface area contributed by atoms with Gasteiger partial charge < -0.3 is 5.32 Å². The van der Waals surface area contributed by atoms with Crippen LogP contribution in [0.5, 0.6) is 0 Å². The van der Waals surface area contributed by atoms with Crippen LogP contribution in [-0.4, -0.2) is 13.6 Å². The summed E-state index contributed by atoms with van der Waals surface area (Å²) in [6.45, 7) is 4.58. The van der Waals surface area contributed by atoms with E-state index in [1.165, 1.54) is 0 Å². The maximum absolute atomic E-state index is 3.44. The first-order valence-electron chi connectivity index (χ1n) is 2.54. The zero-order chi connectivity index (χ0) is 5.54. The standard InChI is InChI=1S/C6H11N/c1-3-4-5-6-7-2/h4,7H,1,5-6H2,2H3/p+1. The van der Waals surface area contributed by atoms with Crippen LogP contribution in [0.15, 0.2) is 18.4 Å². The van der Waals surface area contributed by atoms with Gasteiger partial charge in [-0.3, -0.25) is 0 Å². The third-order valence-electron chi connectivity index (χ3n) is 0.744. The van der Waals surface area contributed by atoms with Gasteiger partial charge in [-0.2, -0.15) is 0 Å². The van der Waals surface area contributed by atoms with Crippen molar-refractivity contribution in [1.82, 2.24) is 0 Å². The molecule has 2 N–H and O–H groups in total. The molecular formula is C6H12N+. The molecule has 0 radical (unpaired) electrons. The summed E-state index contributed by atoms with van der Waals surface area (Å²) in [7, 11) is 2.05. The lowest BCUT2D eigenvalue weighted by Crippen LogP contribution is -2.79. The van der Waals surface area contributed by atoms with Crippen LogP contribution in [0.1, 0.15) is 6.42 Å². The van der Waals surface area contributed by atoms with E-state index in [9.17, 15) is 0 Å². The topological polar surface area (TPSA) is 16.6 Å². The molecule has 0 atom stereocenters. The van der Waals surface area contributed by atoms with Gasteiger partial charge in [-0.1, -0.05) is 6.58 Å². The minimum atomic E-state index is 1.08. The fourth-order valence-corrected chi connectivity index (χ4v) is 0.352. The van der Waals surface area contributed by atoms with E-state index in [0.717, 1.165) is 13.0 Å². The average molecular weight is 98.2 g/mol. The summed E-state index contributed by atoms with van der Waals surface area (Å²) in [5.41, 5.74) is 2.71. The first-order chi connectivity index (χ1) is 3.41. The van der Waals surface area contributed by atoms with E-state index in [-0.39, 0.29) is 0 Å². The largest absolute Gasteiger partial charge is 0.348 e. The molecule has 0 aliphatic heterocycles. The van der Waals surface area contributed by atoms with E-state index < -0.39 is 0 Å². The Morgan fingerprint density at radius 2 is 2.57 bits per heavy atom. The zero-order valence-electron chi connectivity index (χ0n) is 4.78. The molecule has 0 aliphatic rings. The molecule has 40 valence electrons. The van der Waals surface area contributed by atoms with Crippen LogP contribution in [0.3, 0.4) is 0 Å². The van der Waals surface area contributed by atoms with Gasteiger partial charge in [0.2, 0.25) is 0 Å². The van der Waals surface area contributed by atoms with Crippen molar-refractivity contribution in [3.8, 4) is 0 Å². The summed E-state index contributed by atoms with van der Waals surface area (Å²) in [4.78, 5) is 0. The molecule has 1 nitrogen and oxygen atoms in total. The molecule has 0 saturated heterocycles. The molecule has 0 aromatic carbocycles. The monoisotopic (exact) mass is 98.1 g/mol. The molecule has 0 heterocycles. The van der Waals surface area contributed by atoms with Crippen molar-refractivity contribution >= 4 is 0 Å². The molecule has 0 saturated carbocycles. The van der Waals surface area contributed by atoms with Crippen LogP contribution in [0, 0.1) is 0 Å². The predicted octanol–water partition coefficient (Wildman–Crippen LogP) is -0.0892. The SMILES string of the molecule is C=C=CCC[NH2+]C. The number of quaternary nitrogens is 1. The van der Waals surface area contributed by atoms with Crippen molar-refractivity contribution in [2.75, 3.05) is 13.6 Å². The van der Waals surface area contributed by atoms with Crippen molar-refractivity contribution in [2.45, 2.75) is 6.42 Å². The Kier molecular flexibility index (Phi) is 5.07. The van der Waals surface area contributed by atoms with E-state index in [1.54, 1.807) is 0 Å². The lowest BCUT2D eigenvalue weighted by atomic mass is 10.4. The van der Waals surface area contributed by atoms with E-state index >= 15 is 0 Å². The molecule has 0 unspecified atom stereocenters. The van der Waals surface area contributed by atoms with E-state index in [4.69, 9.17) is 0 Å². The Hall–Kier alpha value is -0.520. The fourth-order valence-electron chi connectivity index (χ4n) is 0.352. The molecule has 0 rings (SSSR count). The van der Waals surface area contributed by atoms with Crippen molar-refractivity contribution in [3.05, 3.63) is 18.4 Å². The average Bonchev–Trinajstić information content (AvgIpc) is 1.69. The van der Waals surface area contributed by atoms with Gasteiger partial charge in [0, 0.05) is 6.42 Å². The first-order valence-corrected chi connectivity index (χ1v) is 2.54. The Balaban J connectivity index is 2.83. The third-order valence-corrected chi connectivity index (χ3v) is 0.744. The van der Waals surface area contributed by atoms with Crippen LogP contribution in [0.25, 0.3) is 0 Å². The molecule has 0 spiro atoms. The van der Waals surface area contributed by atoms with Gasteiger partial charge in [0.05, 0.1) is 13.6 Å². The second-order valence-corrected chi connectivity index (χ2v) is 1.39. The van der Waals surface area contributed by atoms with Crippen LogP contribution >= 0.6 is 0 Å². The highest BCUT2D eigenvalue weighted by Gasteiger charge is 1.74. The summed E-state index contributed by atoms with van der Waals surface area (Å²) in [5.74, 6) is 0. The highest BCUT2D eigenvalue weighted by Crippen LogP contribution is 1.69. The summed E-state index contributed by atoms with van der Waals surface area (Å²) < 4.78 is 0. The molecule has 0 fully saturated rings. The molecule has 0 bridgehead atoms. The highest BCUT2D eigenvalue weighted by molar-refractivity contribution is 4.74. The Morgan fingerprint density at radius 1 is 1.86 bits per heavy atom. The van der Waals surface area contributed by atoms with Gasteiger partial charge >= 0.3 is 0 Å². The van der Waals surface area contributed by atoms with E-state index in [2.05, 4.69) is 24.7 Å². The van der Waals surface area contributed by atoms with Gasteiger partial charge in [0.1, 0.15) is 0 Å². The summed E-state index contributed by atoms with van der Waals surface area (Å²) >= 11 is 0. The molecule has 7 heavy (non-hydrogen) atoms. The van der Waals surface area contributed by atoms with E-state index in [0.29, 0.717) is 0 Å². The van der Waals surface area contributed by atoms with Crippen LogP contribution in [0.2, 0.25) is 0 Å². The van der Waals surface area contributed by atoms with Gasteiger partial charge in [-0.15, -0.1) is 5.73 Å². The predicted molar refractivity (Wildman–Crippen MR) is 31.0 cm³/mol. The Labute approximate surface area is 44.7 Å². The Morgan fingerprint density at radius 3 is 3.00 bits per heavy atom. The van der Waals surface area contributed by atoms with E-state index in [1.807, 2.05) is 6.08 Å². The quantitative estimate of drug-likeness (QED) is 0.375. The number of nitrogens with two attached hydrogens (primary N) is 1. The second kappa shape index (κ2) is 5.48. The normalized spacial score (nSPS) is 7.57. The van der Waals surface area contributed by atoms with Gasteiger partial charge in [-0.05, 0) is 6.08 Å². The molecule has 0 aromatic rings. The van der Waals surface area contributed by atoms with Gasteiger partial charge in [-0.25, -0.2) is 0 Å². The smallest absolute Gasteiger partial charge is 0.0794 e. The van der Waals surface area contributed by atoms with Crippen LogP contribution in [-0.2, 0) is 0 Å². The second-order valence-electron chi connectivity index (χ2n) is 1.39. The number of hydrogen-bond acceptors (Lipinski definition) is 0. The molecule has 1 heteroatoms. The third kappa shape index (κ3) is 5.48. The highest BCUT2D eigenvalue weighted by atomic mass is 14.8. The summed E-state index contributed by atoms with van der Waals surface area (Å²) in [5, 5.41) is 2.13. The minimum Gasteiger partial charge on any atom is -0.348 e. The van der Waals surface area contributed by atoms with Crippen LogP contribution < -0.4 is 5.32 Å². The lowest BCUT2D eigenvalue weighted by molar-refractivity contribution is -0.626. The van der Waals surface area contributed by atoms with Crippen molar-refractivity contribution in [3.63, 3.8) is 0 Å². The first kappa shape index (κ1) is 6.48. The minimum absolute atomic E-state index is 1.08. The van der Waals surface area contributed by atoms with Crippen molar-refractivity contribution < 1.29 is 5.32 Å². The lowest BCUT2D eigenvalue weighted by Gasteiger charge is -1.83. The summed E-state index contributed by atoms with van der Waals surface area (Å²) in [6, 6.07) is 0. The van der Waals surface area contributed by atoms with Gasteiger partial charge in [0.15, 0.2) is 0 Å². The Bertz CT molecular complexity index is 70.2. The number of rotatable bonds is 3. The molecular weight excluding hydrogens is 86.1 g/mol. The maximum Gasteiger partial charge on any atom is 0.0794 e. The fraction of sp³-hybridized carbons (Fsp3) is 0.500. The molecule has 0 amide bonds. The summed E-state index contributed by atoms with van der Waals surface area (Å²) in [6.07, 6.45) is 3.03. The van der Waals surface area contributed by atoms with Crippen molar-refractivity contribution in [2.24, 2.45) is 0 Å². The zero-order valence-corrected chi connectivity index (χ0v) is 4.78. The molecule has 0 aromatic heterocycles. The van der Waals surface area contributed by atoms with Gasteiger partial charge in [0.25, 0.3) is 0 Å². The number of hydrogen-bond donors (Lipinski definition) is 1. The molecule has 0 aliphatic carbocycles. The van der Waals surface area contributed by atoms with Crippen LogP contribution in [0.4, 0.5) is 0 Å².